The molecule has 0 radical (unpaired) electrons. The van der Waals surface area contributed by atoms with E-state index in [0.717, 1.165) is 34.4 Å². The van der Waals surface area contributed by atoms with E-state index in [-0.39, 0.29) is 22.2 Å². The molecule has 1 aromatic carbocycles. The van der Waals surface area contributed by atoms with Crippen molar-refractivity contribution in [1.82, 2.24) is 4.98 Å². The van der Waals surface area contributed by atoms with E-state index in [0.29, 0.717) is 5.01 Å². The normalized spacial score (nSPS) is 14.8. The first-order valence-electron chi connectivity index (χ1n) is 6.77. The maximum Gasteiger partial charge on any atom is 0.416 e. The van der Waals surface area contributed by atoms with Crippen LogP contribution in [0.4, 0.5) is 18.9 Å². The van der Waals surface area contributed by atoms with Crippen LogP contribution in [0.3, 0.4) is 0 Å². The number of nitrogens with zero attached hydrogens (tertiary/aromatic N) is 2. The van der Waals surface area contributed by atoms with Crippen LogP contribution in [0.1, 0.15) is 50.5 Å². The Morgan fingerprint density at radius 2 is 1.87 bits per heavy atom. The minimum Gasteiger partial charge on any atom is -0.267 e. The van der Waals surface area contributed by atoms with Gasteiger partial charge in [0.15, 0.2) is 5.69 Å². The molecule has 0 saturated heterocycles. The van der Waals surface area contributed by atoms with Gasteiger partial charge in [-0.15, -0.1) is 11.3 Å². The number of aromatic nitrogens is 1. The molecule has 0 aliphatic carbocycles. The fourth-order valence-corrected chi connectivity index (χ4v) is 3.22. The number of hydrogen-bond acceptors (Lipinski definition) is 4. The van der Waals surface area contributed by atoms with Crippen molar-refractivity contribution in [3.05, 3.63) is 45.4 Å². The lowest BCUT2D eigenvalue weighted by molar-refractivity contribution is -0.137. The molecule has 1 aliphatic rings. The van der Waals surface area contributed by atoms with Crippen LogP contribution in [0.25, 0.3) is 0 Å². The third-order valence-corrected chi connectivity index (χ3v) is 4.72. The Hall–Kier alpha value is -2.22. The molecule has 1 aliphatic heterocycles. The van der Waals surface area contributed by atoms with Crippen molar-refractivity contribution in [3.8, 4) is 0 Å². The van der Waals surface area contributed by atoms with Crippen LogP contribution < -0.4 is 4.90 Å². The summed E-state index contributed by atoms with van der Waals surface area (Å²) < 4.78 is 38.4. The van der Waals surface area contributed by atoms with E-state index in [1.54, 1.807) is 0 Å². The number of thiazole rings is 1. The molecule has 0 N–H and O–H groups in total. The molecular weight excluding hydrogens is 329 g/mol. The predicted octanol–water partition coefficient (Wildman–Crippen LogP) is 4.09. The third kappa shape index (κ3) is 2.52. The highest BCUT2D eigenvalue weighted by molar-refractivity contribution is 7.14. The molecule has 3 rings (SSSR count). The number of rotatable bonds is 2. The second-order valence-corrected chi connectivity index (χ2v) is 6.41. The third-order valence-electron chi connectivity index (χ3n) is 3.37. The summed E-state index contributed by atoms with van der Waals surface area (Å²) in [5.74, 6) is -1.26. The quantitative estimate of drug-likeness (QED) is 0.774. The summed E-state index contributed by atoms with van der Waals surface area (Å²) in [6.07, 6.45) is -4.55. The van der Waals surface area contributed by atoms with Crippen LogP contribution in [0.15, 0.2) is 24.3 Å². The predicted molar refractivity (Wildman–Crippen MR) is 78.8 cm³/mol. The topological polar surface area (TPSA) is 50.3 Å². The molecule has 4 nitrogen and oxygen atoms in total. The second kappa shape index (κ2) is 5.16. The average Bonchev–Trinajstić information content (AvgIpc) is 3.00. The smallest absolute Gasteiger partial charge is 0.267 e. The van der Waals surface area contributed by atoms with Crippen molar-refractivity contribution in [3.63, 3.8) is 0 Å². The van der Waals surface area contributed by atoms with E-state index >= 15 is 0 Å². The number of benzene rings is 1. The zero-order valence-corrected chi connectivity index (χ0v) is 13.0. The highest BCUT2D eigenvalue weighted by Gasteiger charge is 2.41. The number of hydrogen-bond donors (Lipinski definition) is 0. The van der Waals surface area contributed by atoms with Gasteiger partial charge in [-0.25, -0.2) is 9.88 Å². The van der Waals surface area contributed by atoms with Crippen LogP contribution in [0.2, 0.25) is 0 Å². The van der Waals surface area contributed by atoms with Crippen LogP contribution in [0, 0.1) is 0 Å². The summed E-state index contributed by atoms with van der Waals surface area (Å²) in [6.45, 7) is 3.76. The Kier molecular flexibility index (Phi) is 3.51. The molecule has 2 aromatic rings. The number of alkyl halides is 3. The Labute approximate surface area is 133 Å². The lowest BCUT2D eigenvalue weighted by Gasteiger charge is -2.16. The van der Waals surface area contributed by atoms with Crippen molar-refractivity contribution in [2.45, 2.75) is 25.9 Å². The van der Waals surface area contributed by atoms with Crippen molar-refractivity contribution >= 4 is 28.8 Å². The lowest BCUT2D eigenvalue weighted by atomic mass is 10.2. The molecule has 2 heterocycles. The van der Waals surface area contributed by atoms with E-state index < -0.39 is 23.6 Å². The Morgan fingerprint density at radius 3 is 2.43 bits per heavy atom. The summed E-state index contributed by atoms with van der Waals surface area (Å²) in [5.41, 5.74) is -1.01. The van der Waals surface area contributed by atoms with E-state index in [9.17, 15) is 22.8 Å². The molecule has 23 heavy (non-hydrogen) atoms. The zero-order chi connectivity index (χ0) is 16.9. The van der Waals surface area contributed by atoms with Crippen LogP contribution >= 0.6 is 11.3 Å². The van der Waals surface area contributed by atoms with E-state index in [2.05, 4.69) is 4.98 Å². The summed E-state index contributed by atoms with van der Waals surface area (Å²) in [7, 11) is 0. The maximum atomic E-state index is 12.8. The Bertz CT molecular complexity index is 778. The van der Waals surface area contributed by atoms with Gasteiger partial charge in [0.25, 0.3) is 11.8 Å². The molecule has 2 amide bonds. The van der Waals surface area contributed by atoms with Crippen LogP contribution in [0.5, 0.6) is 0 Å². The van der Waals surface area contributed by atoms with Crippen molar-refractivity contribution < 1.29 is 22.8 Å². The zero-order valence-electron chi connectivity index (χ0n) is 12.1. The molecule has 0 atom stereocenters. The molecular formula is C15H11F3N2O2S. The van der Waals surface area contributed by atoms with Crippen LogP contribution in [-0.4, -0.2) is 16.8 Å². The number of imide groups is 1. The van der Waals surface area contributed by atoms with Gasteiger partial charge in [0.1, 0.15) is 4.88 Å². The van der Waals surface area contributed by atoms with Crippen molar-refractivity contribution in [2.24, 2.45) is 0 Å². The number of anilines is 1. The van der Waals surface area contributed by atoms with E-state index in [4.69, 9.17) is 0 Å². The first-order chi connectivity index (χ1) is 10.7. The fourth-order valence-electron chi connectivity index (χ4n) is 2.23. The Morgan fingerprint density at radius 1 is 1.17 bits per heavy atom. The molecule has 1 aromatic heterocycles. The van der Waals surface area contributed by atoms with Gasteiger partial charge in [-0.05, 0) is 18.2 Å². The molecule has 0 fully saturated rings. The van der Waals surface area contributed by atoms with Gasteiger partial charge in [-0.3, -0.25) is 9.59 Å². The highest BCUT2D eigenvalue weighted by Crippen LogP contribution is 2.36. The highest BCUT2D eigenvalue weighted by atomic mass is 32.1. The number of fused-ring (bicyclic) bond motifs is 1. The van der Waals surface area contributed by atoms with Gasteiger partial charge in [0.05, 0.1) is 16.3 Å². The number of carbonyl (C=O) groups is 2. The molecule has 0 bridgehead atoms. The molecule has 0 saturated carbocycles. The first-order valence-corrected chi connectivity index (χ1v) is 7.58. The fraction of sp³-hybridized carbons (Fsp3) is 0.267. The average molecular weight is 340 g/mol. The molecule has 120 valence electrons. The van der Waals surface area contributed by atoms with Gasteiger partial charge >= 0.3 is 6.18 Å². The maximum absolute atomic E-state index is 12.8. The summed E-state index contributed by atoms with van der Waals surface area (Å²) in [4.78, 5) is 29.8. The Balaban J connectivity index is 2.02. The van der Waals surface area contributed by atoms with Crippen LogP contribution in [-0.2, 0) is 6.18 Å². The minimum absolute atomic E-state index is 0.0149. The molecule has 0 unspecified atom stereocenters. The van der Waals surface area contributed by atoms with E-state index in [1.807, 2.05) is 13.8 Å². The van der Waals surface area contributed by atoms with E-state index in [1.165, 1.54) is 6.07 Å². The number of halogens is 3. The summed E-state index contributed by atoms with van der Waals surface area (Å²) >= 11 is 1.10. The minimum atomic E-state index is -4.55. The second-order valence-electron chi connectivity index (χ2n) is 5.38. The number of carbonyl (C=O) groups excluding carboxylic acids is 2. The number of amides is 2. The summed E-state index contributed by atoms with van der Waals surface area (Å²) in [6, 6.07) is 4.14. The van der Waals surface area contributed by atoms with Gasteiger partial charge in [0.2, 0.25) is 0 Å². The lowest BCUT2D eigenvalue weighted by Crippen LogP contribution is -2.30. The molecule has 8 heteroatoms. The van der Waals surface area contributed by atoms with Gasteiger partial charge in [-0.2, -0.15) is 13.2 Å². The van der Waals surface area contributed by atoms with Gasteiger partial charge < -0.3 is 0 Å². The van der Waals surface area contributed by atoms with Gasteiger partial charge in [0, 0.05) is 5.92 Å². The van der Waals surface area contributed by atoms with Gasteiger partial charge in [-0.1, -0.05) is 19.9 Å². The summed E-state index contributed by atoms with van der Waals surface area (Å²) in [5, 5.41) is 0.653. The van der Waals surface area contributed by atoms with Crippen molar-refractivity contribution in [1.29, 1.82) is 0 Å². The van der Waals surface area contributed by atoms with Crippen molar-refractivity contribution in [2.75, 3.05) is 4.90 Å². The SMILES string of the molecule is CC(C)c1nc2c(s1)C(=O)N(c1cccc(C(F)(F)F)c1)C2=O. The first kappa shape index (κ1) is 15.7. The largest absolute Gasteiger partial charge is 0.416 e. The molecule has 0 spiro atoms. The monoisotopic (exact) mass is 340 g/mol. The standard InChI is InChI=1S/C15H11F3N2O2S/c1-7(2)12-19-10-11(23-12)14(22)20(13(10)21)9-5-3-4-8(6-9)15(16,17)18/h3-7H,1-2H3.